The van der Waals surface area contributed by atoms with Crippen LogP contribution in [0.4, 0.5) is 0 Å². The molecule has 0 fully saturated rings. The number of nitrogens with zero attached hydrogens (tertiary/aromatic N) is 5. The van der Waals surface area contributed by atoms with E-state index in [4.69, 9.17) is 4.11 Å². The van der Waals surface area contributed by atoms with Crippen molar-refractivity contribution in [2.75, 3.05) is 0 Å². The molecule has 4 aromatic heterocycles. The maximum absolute atomic E-state index is 7.99. The Labute approximate surface area is 118 Å². The first-order chi connectivity index (χ1) is 11.1. The molecule has 0 radical (unpaired) electrons. The third-order valence-electron chi connectivity index (χ3n) is 3.94. The number of hydrogen-bond acceptors (Lipinski definition) is 2. The van der Waals surface area contributed by atoms with Gasteiger partial charge in [0.2, 0.25) is 5.82 Å². The van der Waals surface area contributed by atoms with Crippen molar-refractivity contribution >= 4 is 16.7 Å². The monoisotopic (exact) mass is 265 g/mol. The van der Waals surface area contributed by atoms with Gasteiger partial charge in [0.05, 0.1) is 29.4 Å². The lowest BCUT2D eigenvalue weighted by atomic mass is 10.2. The molecule has 20 heavy (non-hydrogen) atoms. The van der Waals surface area contributed by atoms with Crippen LogP contribution in [0.1, 0.15) is 9.68 Å². The molecule has 0 amide bonds. The summed E-state index contributed by atoms with van der Waals surface area (Å²) in [7, 11) is 0. The van der Waals surface area contributed by atoms with Gasteiger partial charge in [-0.1, -0.05) is 0 Å². The summed E-state index contributed by atoms with van der Waals surface area (Å²) in [5, 5.41) is 4.39. The number of aryl methyl sites for hydroxylation is 1. The van der Waals surface area contributed by atoms with Crippen molar-refractivity contribution in [1.82, 2.24) is 19.2 Å². The summed E-state index contributed by atoms with van der Waals surface area (Å²) in [6, 6.07) is 7.57. The highest BCUT2D eigenvalue weighted by atomic mass is 15.3. The first-order valence-corrected chi connectivity index (χ1v) is 6.40. The molecule has 0 atom stereocenters. The Balaban J connectivity index is 2.01. The van der Waals surface area contributed by atoms with Crippen LogP contribution < -0.4 is 4.57 Å². The van der Waals surface area contributed by atoms with E-state index in [1.165, 1.54) is 4.57 Å². The van der Waals surface area contributed by atoms with E-state index in [9.17, 15) is 0 Å². The largest absolute Gasteiger partial charge is 0.293 e. The normalized spacial score (nSPS) is 15.9. The predicted molar refractivity (Wildman–Crippen MR) is 74.2 cm³/mol. The van der Waals surface area contributed by atoms with Crippen molar-refractivity contribution in [3.05, 3.63) is 48.4 Å². The topological polar surface area (TPSA) is 39.0 Å². The van der Waals surface area contributed by atoms with Gasteiger partial charge >= 0.3 is 0 Å². The Morgan fingerprint density at radius 3 is 3.30 bits per heavy atom. The van der Waals surface area contributed by atoms with Gasteiger partial charge in [-0.2, -0.15) is 0 Å². The highest BCUT2D eigenvalue weighted by Gasteiger charge is 2.33. The molecule has 0 aromatic carbocycles. The fourth-order valence-corrected chi connectivity index (χ4v) is 3.08. The molecular formula is C15H12N5+. The van der Waals surface area contributed by atoms with Gasteiger partial charge < -0.3 is 0 Å². The molecule has 1 aliphatic rings. The van der Waals surface area contributed by atoms with Crippen LogP contribution >= 0.6 is 0 Å². The van der Waals surface area contributed by atoms with Crippen LogP contribution in [-0.4, -0.2) is 19.2 Å². The second-order valence-corrected chi connectivity index (χ2v) is 4.99. The second kappa shape index (κ2) is 3.25. The molecule has 5 nitrogen and oxygen atoms in total. The lowest BCUT2D eigenvalue weighted by Gasteiger charge is -1.95. The fraction of sp³-hybridized carbons (Fsp3) is 0.133. The van der Waals surface area contributed by atoms with Crippen molar-refractivity contribution in [3.8, 4) is 11.4 Å². The lowest BCUT2D eigenvalue weighted by Crippen LogP contribution is -2.32. The highest BCUT2D eigenvalue weighted by molar-refractivity contribution is 5.82. The summed E-state index contributed by atoms with van der Waals surface area (Å²) >= 11 is 0. The van der Waals surface area contributed by atoms with Crippen LogP contribution in [0, 0.1) is 0 Å². The number of hydrogen-bond donors (Lipinski definition) is 0. The van der Waals surface area contributed by atoms with E-state index in [0.29, 0.717) is 17.9 Å². The standard InChI is InChI=1S/C15H12N5/c1-18-13-7-11-3-2-5-17-20(11)15(13)19-9-10-4-6-16-8-12(10)14(18)19/h2-8H,9H2,1H3/q+1/i1D3. The Bertz CT molecular complexity index is 1090. The van der Waals surface area contributed by atoms with E-state index in [2.05, 4.69) is 10.1 Å². The quantitative estimate of drug-likeness (QED) is 0.398. The van der Waals surface area contributed by atoms with E-state index in [1.54, 1.807) is 23.1 Å². The van der Waals surface area contributed by atoms with Gasteiger partial charge in [-0.15, -0.1) is 9.61 Å². The number of imidazole rings is 1. The molecule has 0 saturated heterocycles. The molecule has 0 bridgehead atoms. The minimum absolute atomic E-state index is 0.620. The zero-order valence-electron chi connectivity index (χ0n) is 13.5. The van der Waals surface area contributed by atoms with Gasteiger partial charge in [0.1, 0.15) is 5.52 Å². The molecule has 5 heteroatoms. The van der Waals surface area contributed by atoms with Gasteiger partial charge in [-0.25, -0.2) is 4.57 Å². The van der Waals surface area contributed by atoms with E-state index < -0.39 is 6.98 Å². The number of rotatable bonds is 0. The fourth-order valence-electron chi connectivity index (χ4n) is 3.08. The maximum Gasteiger partial charge on any atom is 0.293 e. The van der Waals surface area contributed by atoms with Crippen molar-refractivity contribution in [1.29, 1.82) is 0 Å². The van der Waals surface area contributed by atoms with Crippen LogP contribution in [0.2, 0.25) is 0 Å². The Kier molecular flexibility index (Phi) is 1.27. The Morgan fingerprint density at radius 2 is 2.35 bits per heavy atom. The molecule has 0 aliphatic carbocycles. The smallest absolute Gasteiger partial charge is 0.264 e. The molecule has 5 heterocycles. The van der Waals surface area contributed by atoms with E-state index in [0.717, 1.165) is 22.3 Å². The number of pyridine rings is 1. The summed E-state index contributed by atoms with van der Waals surface area (Å²) in [6.07, 6.45) is 5.17. The number of aromatic nitrogens is 5. The minimum atomic E-state index is -2.28. The van der Waals surface area contributed by atoms with Crippen LogP contribution in [0.15, 0.2) is 42.9 Å². The van der Waals surface area contributed by atoms with Crippen LogP contribution in [0.3, 0.4) is 0 Å². The van der Waals surface area contributed by atoms with E-state index in [-0.39, 0.29) is 0 Å². The Morgan fingerprint density at radius 1 is 1.35 bits per heavy atom. The minimum Gasteiger partial charge on any atom is -0.264 e. The van der Waals surface area contributed by atoms with Crippen LogP contribution in [0.5, 0.6) is 0 Å². The van der Waals surface area contributed by atoms with Gasteiger partial charge in [-0.05, 0) is 18.2 Å². The van der Waals surface area contributed by atoms with Crippen LogP contribution in [0.25, 0.3) is 28.1 Å². The average molecular weight is 265 g/mol. The highest BCUT2D eigenvalue weighted by Crippen LogP contribution is 2.30. The molecule has 4 aromatic rings. The van der Waals surface area contributed by atoms with Gasteiger partial charge in [0.15, 0.2) is 5.52 Å². The predicted octanol–water partition coefficient (Wildman–Crippen LogP) is 1.54. The second-order valence-electron chi connectivity index (χ2n) is 4.99. The maximum atomic E-state index is 7.99. The summed E-state index contributed by atoms with van der Waals surface area (Å²) < 4.78 is 29.2. The van der Waals surface area contributed by atoms with E-state index >= 15 is 0 Å². The van der Waals surface area contributed by atoms with Crippen LogP contribution in [-0.2, 0) is 13.5 Å². The Hall–Kier alpha value is -2.69. The first kappa shape index (κ1) is 7.79. The van der Waals surface area contributed by atoms with Gasteiger partial charge in [-0.3, -0.25) is 9.55 Å². The third kappa shape index (κ3) is 1.02. The molecule has 1 aliphatic heterocycles. The molecular weight excluding hydrogens is 250 g/mol. The van der Waals surface area contributed by atoms with Gasteiger partial charge in [0, 0.05) is 24.0 Å². The zero-order chi connectivity index (χ0) is 15.8. The number of fused-ring (bicyclic) bond motifs is 7. The third-order valence-corrected chi connectivity index (χ3v) is 3.94. The van der Waals surface area contributed by atoms with E-state index in [1.807, 2.05) is 28.8 Å². The van der Waals surface area contributed by atoms with Crippen molar-refractivity contribution in [2.24, 2.45) is 6.98 Å². The SMILES string of the molecule is [2H]C([2H])([2H])n1c2[n+](c3c1cc1cccnn13)Cc1ccncc1-2. The van der Waals surface area contributed by atoms with Crippen molar-refractivity contribution in [2.45, 2.75) is 6.54 Å². The summed E-state index contributed by atoms with van der Waals surface area (Å²) in [5.74, 6) is 0.665. The molecule has 5 rings (SSSR count). The lowest BCUT2D eigenvalue weighted by molar-refractivity contribution is -0.648. The summed E-state index contributed by atoms with van der Waals surface area (Å²) in [5.41, 5.74) is 4.27. The molecule has 0 unspecified atom stereocenters. The van der Waals surface area contributed by atoms with Crippen molar-refractivity contribution in [3.63, 3.8) is 0 Å². The van der Waals surface area contributed by atoms with Gasteiger partial charge in [0.25, 0.3) is 5.65 Å². The molecule has 96 valence electrons. The molecule has 0 N–H and O–H groups in total. The first-order valence-electron chi connectivity index (χ1n) is 7.90. The summed E-state index contributed by atoms with van der Waals surface area (Å²) in [4.78, 5) is 4.16. The van der Waals surface area contributed by atoms with Crippen molar-refractivity contribution < 1.29 is 8.68 Å². The summed E-state index contributed by atoms with van der Waals surface area (Å²) in [6.45, 7) is -1.66. The average Bonchev–Trinajstić information content (AvgIpc) is 3.12. The molecule has 0 spiro atoms. The molecule has 0 saturated carbocycles. The zero-order valence-corrected chi connectivity index (χ0v) is 10.5.